The zero-order valence-corrected chi connectivity index (χ0v) is 13.2. The molecule has 3 N–H and O–H groups in total. The summed E-state index contributed by atoms with van der Waals surface area (Å²) in [5, 5.41) is 16.3. The summed E-state index contributed by atoms with van der Waals surface area (Å²) in [5.41, 5.74) is 1.77. The second-order valence-electron chi connectivity index (χ2n) is 4.54. The molecule has 0 atom stereocenters. The molecule has 2 rings (SSSR count). The lowest BCUT2D eigenvalue weighted by Gasteiger charge is -2.12. The van der Waals surface area contributed by atoms with E-state index in [0.29, 0.717) is 23.1 Å². The standard InChI is InChI=1S/C16H18N2O3S/c1-20-13-6-3-11(4-7-13)10-17-16(22)18-12-5-8-15(21-2)14(19)9-12/h3-9,19H,10H2,1-2H3,(H2,17,18,22). The molecule has 0 aliphatic rings. The predicted octanol–water partition coefficient (Wildman–Crippen LogP) is 2.90. The van der Waals surface area contributed by atoms with Gasteiger partial charge in [0.15, 0.2) is 16.6 Å². The van der Waals surface area contributed by atoms with Crippen LogP contribution in [0.1, 0.15) is 5.56 Å². The van der Waals surface area contributed by atoms with Gasteiger partial charge < -0.3 is 25.2 Å². The van der Waals surface area contributed by atoms with Crippen molar-refractivity contribution < 1.29 is 14.6 Å². The SMILES string of the molecule is COc1ccc(CNC(=S)Nc2ccc(OC)c(O)c2)cc1. The van der Waals surface area contributed by atoms with E-state index in [4.69, 9.17) is 21.7 Å². The van der Waals surface area contributed by atoms with Gasteiger partial charge in [-0.05, 0) is 42.0 Å². The van der Waals surface area contributed by atoms with E-state index in [1.807, 2.05) is 24.3 Å². The second kappa shape index (κ2) is 7.51. The first-order chi connectivity index (χ1) is 10.6. The number of phenols is 1. The van der Waals surface area contributed by atoms with Crippen molar-refractivity contribution in [1.29, 1.82) is 0 Å². The molecule has 0 saturated heterocycles. The molecule has 0 aliphatic heterocycles. The van der Waals surface area contributed by atoms with Crippen molar-refractivity contribution in [3.8, 4) is 17.2 Å². The number of rotatable bonds is 5. The number of benzene rings is 2. The van der Waals surface area contributed by atoms with E-state index >= 15 is 0 Å². The van der Waals surface area contributed by atoms with Crippen molar-refractivity contribution in [2.24, 2.45) is 0 Å². The third-order valence-corrected chi connectivity index (χ3v) is 3.30. The first kappa shape index (κ1) is 15.9. The lowest BCUT2D eigenvalue weighted by molar-refractivity contribution is 0.373. The Labute approximate surface area is 134 Å². The zero-order chi connectivity index (χ0) is 15.9. The van der Waals surface area contributed by atoms with Gasteiger partial charge in [-0.25, -0.2) is 0 Å². The quantitative estimate of drug-likeness (QED) is 0.737. The lowest BCUT2D eigenvalue weighted by Crippen LogP contribution is -2.27. The minimum atomic E-state index is 0.0606. The fourth-order valence-electron chi connectivity index (χ4n) is 1.87. The summed E-state index contributed by atoms with van der Waals surface area (Å²) in [6.07, 6.45) is 0. The van der Waals surface area contributed by atoms with Crippen molar-refractivity contribution in [1.82, 2.24) is 5.32 Å². The maximum Gasteiger partial charge on any atom is 0.171 e. The molecule has 0 heterocycles. The monoisotopic (exact) mass is 318 g/mol. The second-order valence-corrected chi connectivity index (χ2v) is 4.95. The van der Waals surface area contributed by atoms with E-state index < -0.39 is 0 Å². The molecule has 2 aromatic rings. The Morgan fingerprint density at radius 3 is 2.41 bits per heavy atom. The van der Waals surface area contributed by atoms with Gasteiger partial charge in [-0.1, -0.05) is 12.1 Å². The number of phenolic OH excluding ortho intramolecular Hbond substituents is 1. The summed E-state index contributed by atoms with van der Waals surface area (Å²) in [4.78, 5) is 0. The topological polar surface area (TPSA) is 62.8 Å². The van der Waals surface area contributed by atoms with Crippen LogP contribution < -0.4 is 20.1 Å². The van der Waals surface area contributed by atoms with Crippen LogP contribution in [0.4, 0.5) is 5.69 Å². The predicted molar refractivity (Wildman–Crippen MR) is 90.7 cm³/mol. The number of ether oxygens (including phenoxy) is 2. The first-order valence-electron chi connectivity index (χ1n) is 6.67. The largest absolute Gasteiger partial charge is 0.504 e. The molecule has 22 heavy (non-hydrogen) atoms. The molecule has 2 aromatic carbocycles. The molecule has 0 saturated carbocycles. The number of anilines is 1. The number of methoxy groups -OCH3 is 2. The molecule has 0 amide bonds. The molecule has 0 unspecified atom stereocenters. The Bertz CT molecular complexity index is 644. The van der Waals surface area contributed by atoms with Crippen molar-refractivity contribution in [2.75, 3.05) is 19.5 Å². The first-order valence-corrected chi connectivity index (χ1v) is 7.08. The van der Waals surface area contributed by atoms with Crippen LogP contribution in [-0.2, 0) is 6.54 Å². The van der Waals surface area contributed by atoms with Gasteiger partial charge in [0.2, 0.25) is 0 Å². The highest BCUT2D eigenvalue weighted by Gasteiger charge is 2.04. The van der Waals surface area contributed by atoms with Gasteiger partial charge in [0, 0.05) is 18.3 Å². The Hall–Kier alpha value is -2.47. The van der Waals surface area contributed by atoms with Gasteiger partial charge in [0.1, 0.15) is 5.75 Å². The Morgan fingerprint density at radius 1 is 1.09 bits per heavy atom. The molecule has 0 fully saturated rings. The summed E-state index contributed by atoms with van der Waals surface area (Å²) < 4.78 is 10.1. The van der Waals surface area contributed by atoms with E-state index in [1.54, 1.807) is 25.3 Å². The Morgan fingerprint density at radius 2 is 1.82 bits per heavy atom. The molecule has 0 aromatic heterocycles. The number of aromatic hydroxyl groups is 1. The van der Waals surface area contributed by atoms with Crippen LogP contribution in [0.2, 0.25) is 0 Å². The average molecular weight is 318 g/mol. The molecule has 6 heteroatoms. The van der Waals surface area contributed by atoms with E-state index in [0.717, 1.165) is 11.3 Å². The summed E-state index contributed by atoms with van der Waals surface area (Å²) in [6, 6.07) is 12.7. The highest BCUT2D eigenvalue weighted by Crippen LogP contribution is 2.28. The van der Waals surface area contributed by atoms with Crippen LogP contribution >= 0.6 is 12.2 Å². The summed E-state index contributed by atoms with van der Waals surface area (Å²) in [6.45, 7) is 0.595. The molecule has 0 bridgehead atoms. The van der Waals surface area contributed by atoms with E-state index in [9.17, 15) is 5.11 Å². The smallest absolute Gasteiger partial charge is 0.171 e. The fraction of sp³-hybridized carbons (Fsp3) is 0.188. The minimum absolute atomic E-state index is 0.0606. The maximum atomic E-state index is 9.72. The molecule has 0 radical (unpaired) electrons. The summed E-state index contributed by atoms with van der Waals surface area (Å²) >= 11 is 5.23. The number of nitrogens with one attached hydrogen (secondary N) is 2. The van der Waals surface area contributed by atoms with Gasteiger partial charge >= 0.3 is 0 Å². The third-order valence-electron chi connectivity index (χ3n) is 3.05. The molecule has 0 spiro atoms. The van der Waals surface area contributed by atoms with Gasteiger partial charge in [0.25, 0.3) is 0 Å². The highest BCUT2D eigenvalue weighted by molar-refractivity contribution is 7.80. The highest BCUT2D eigenvalue weighted by atomic mass is 32.1. The van der Waals surface area contributed by atoms with E-state index in [1.165, 1.54) is 7.11 Å². The van der Waals surface area contributed by atoms with E-state index in [2.05, 4.69) is 10.6 Å². The lowest BCUT2D eigenvalue weighted by atomic mass is 10.2. The molecule has 116 valence electrons. The summed E-state index contributed by atoms with van der Waals surface area (Å²) in [5.74, 6) is 1.30. The van der Waals surface area contributed by atoms with Gasteiger partial charge in [-0.15, -0.1) is 0 Å². The zero-order valence-electron chi connectivity index (χ0n) is 12.4. The van der Waals surface area contributed by atoms with Crippen LogP contribution in [0.25, 0.3) is 0 Å². The normalized spacial score (nSPS) is 9.91. The maximum absolute atomic E-state index is 9.72. The van der Waals surface area contributed by atoms with Crippen LogP contribution in [0.5, 0.6) is 17.2 Å². The number of hydrogen-bond acceptors (Lipinski definition) is 4. The average Bonchev–Trinajstić information content (AvgIpc) is 2.53. The number of thiocarbonyl (C=S) groups is 1. The van der Waals surface area contributed by atoms with Gasteiger partial charge in [-0.3, -0.25) is 0 Å². The van der Waals surface area contributed by atoms with Crippen LogP contribution in [0.3, 0.4) is 0 Å². The fourth-order valence-corrected chi connectivity index (χ4v) is 2.06. The van der Waals surface area contributed by atoms with Crippen molar-refractivity contribution in [3.05, 3.63) is 48.0 Å². The molecular weight excluding hydrogens is 300 g/mol. The Kier molecular flexibility index (Phi) is 5.43. The molecular formula is C16H18N2O3S. The van der Waals surface area contributed by atoms with Crippen molar-refractivity contribution >= 4 is 23.0 Å². The Balaban J connectivity index is 1.88. The van der Waals surface area contributed by atoms with Crippen LogP contribution in [-0.4, -0.2) is 24.4 Å². The van der Waals surface area contributed by atoms with Crippen LogP contribution in [0.15, 0.2) is 42.5 Å². The molecule has 5 nitrogen and oxygen atoms in total. The van der Waals surface area contributed by atoms with Gasteiger partial charge in [0.05, 0.1) is 14.2 Å². The van der Waals surface area contributed by atoms with Crippen LogP contribution in [0, 0.1) is 0 Å². The van der Waals surface area contributed by atoms with Crippen molar-refractivity contribution in [2.45, 2.75) is 6.54 Å². The molecule has 0 aliphatic carbocycles. The van der Waals surface area contributed by atoms with E-state index in [-0.39, 0.29) is 5.75 Å². The van der Waals surface area contributed by atoms with Gasteiger partial charge in [-0.2, -0.15) is 0 Å². The third kappa shape index (κ3) is 4.26. The number of hydrogen-bond donors (Lipinski definition) is 3. The summed E-state index contributed by atoms with van der Waals surface area (Å²) in [7, 11) is 3.14. The minimum Gasteiger partial charge on any atom is -0.504 e. The van der Waals surface area contributed by atoms with Crippen molar-refractivity contribution in [3.63, 3.8) is 0 Å².